The van der Waals surface area contributed by atoms with Gasteiger partial charge in [0.25, 0.3) is 5.69 Å². The number of benzene rings is 2. The first kappa shape index (κ1) is 15.8. The molecule has 126 valence electrons. The maximum absolute atomic E-state index is 10.9. The van der Waals surface area contributed by atoms with Gasteiger partial charge in [-0.1, -0.05) is 32.0 Å². The van der Waals surface area contributed by atoms with Crippen LogP contribution in [0.3, 0.4) is 0 Å². The monoisotopic (exact) mass is 332 g/mol. The molecular formula is C21H20N2O2. The first-order valence-electron chi connectivity index (χ1n) is 8.60. The van der Waals surface area contributed by atoms with Gasteiger partial charge in [-0.15, -0.1) is 0 Å². The van der Waals surface area contributed by atoms with E-state index in [2.05, 4.69) is 26.0 Å². The Labute approximate surface area is 146 Å². The molecule has 0 N–H and O–H groups in total. The molecule has 25 heavy (non-hydrogen) atoms. The average molecular weight is 332 g/mol. The quantitative estimate of drug-likeness (QED) is 0.471. The Balaban J connectivity index is 1.94. The SMILES string of the molecule is CC1(C)CCc2c(-c3ccc([N+](=O)[O-])cc3)nc3ccccc3c2C1. The maximum atomic E-state index is 10.9. The van der Waals surface area contributed by atoms with Crippen LogP contribution < -0.4 is 0 Å². The fourth-order valence-electron chi connectivity index (χ4n) is 3.80. The molecule has 0 saturated heterocycles. The lowest BCUT2D eigenvalue weighted by molar-refractivity contribution is -0.384. The number of hydrogen-bond acceptors (Lipinski definition) is 3. The van der Waals surface area contributed by atoms with Crippen LogP contribution in [0.2, 0.25) is 0 Å². The summed E-state index contributed by atoms with van der Waals surface area (Å²) in [6.07, 6.45) is 3.15. The third kappa shape index (κ3) is 2.78. The van der Waals surface area contributed by atoms with Gasteiger partial charge in [0.15, 0.2) is 0 Å². The van der Waals surface area contributed by atoms with Crippen LogP contribution in [0.1, 0.15) is 31.4 Å². The molecule has 0 aliphatic heterocycles. The van der Waals surface area contributed by atoms with Gasteiger partial charge in [0.05, 0.1) is 16.1 Å². The van der Waals surface area contributed by atoms with Crippen molar-refractivity contribution in [1.29, 1.82) is 0 Å². The molecule has 4 rings (SSSR count). The average Bonchev–Trinajstić information content (AvgIpc) is 2.60. The molecule has 1 aliphatic carbocycles. The van der Waals surface area contributed by atoms with Crippen molar-refractivity contribution in [2.75, 3.05) is 0 Å². The van der Waals surface area contributed by atoms with Crippen molar-refractivity contribution < 1.29 is 4.92 Å². The topological polar surface area (TPSA) is 56.0 Å². The Kier molecular flexibility index (Phi) is 3.57. The van der Waals surface area contributed by atoms with Crippen LogP contribution in [0.4, 0.5) is 5.69 Å². The second-order valence-corrected chi connectivity index (χ2v) is 7.58. The van der Waals surface area contributed by atoms with E-state index in [0.29, 0.717) is 0 Å². The van der Waals surface area contributed by atoms with Gasteiger partial charge >= 0.3 is 0 Å². The Bertz CT molecular complexity index is 975. The van der Waals surface area contributed by atoms with Gasteiger partial charge in [-0.25, -0.2) is 4.98 Å². The molecule has 0 fully saturated rings. The van der Waals surface area contributed by atoms with Crippen LogP contribution in [0, 0.1) is 15.5 Å². The van der Waals surface area contributed by atoms with Crippen LogP contribution in [0.25, 0.3) is 22.2 Å². The summed E-state index contributed by atoms with van der Waals surface area (Å²) in [6.45, 7) is 4.63. The Morgan fingerprint density at radius 3 is 2.48 bits per heavy atom. The molecular weight excluding hydrogens is 312 g/mol. The largest absolute Gasteiger partial charge is 0.269 e. The molecule has 0 atom stereocenters. The molecule has 3 aromatic rings. The molecule has 0 unspecified atom stereocenters. The Morgan fingerprint density at radius 2 is 1.76 bits per heavy atom. The molecule has 4 heteroatoms. The third-order valence-corrected chi connectivity index (χ3v) is 5.17. The van der Waals surface area contributed by atoms with Crippen molar-refractivity contribution in [2.45, 2.75) is 33.1 Å². The first-order valence-corrected chi connectivity index (χ1v) is 8.60. The fraction of sp³-hybridized carbons (Fsp3) is 0.286. The highest BCUT2D eigenvalue weighted by Crippen LogP contribution is 2.41. The van der Waals surface area contributed by atoms with Crippen LogP contribution in [0.5, 0.6) is 0 Å². The molecule has 0 amide bonds. The molecule has 2 aromatic carbocycles. The normalized spacial score (nSPS) is 15.8. The summed E-state index contributed by atoms with van der Waals surface area (Å²) >= 11 is 0. The number of para-hydroxylation sites is 1. The van der Waals surface area contributed by atoms with Crippen LogP contribution in [-0.2, 0) is 12.8 Å². The summed E-state index contributed by atoms with van der Waals surface area (Å²) in [5.41, 5.74) is 5.99. The van der Waals surface area contributed by atoms with Crippen molar-refractivity contribution in [3.05, 3.63) is 69.8 Å². The molecule has 4 nitrogen and oxygen atoms in total. The molecule has 1 aliphatic rings. The van der Waals surface area contributed by atoms with Gasteiger partial charge in [0.2, 0.25) is 0 Å². The third-order valence-electron chi connectivity index (χ3n) is 5.17. The summed E-state index contributed by atoms with van der Waals surface area (Å²) in [6, 6.07) is 15.0. The minimum Gasteiger partial charge on any atom is -0.258 e. The number of nitrogens with zero attached hydrogens (tertiary/aromatic N) is 2. The summed E-state index contributed by atoms with van der Waals surface area (Å²) in [4.78, 5) is 15.5. The second kappa shape index (κ2) is 5.66. The molecule has 0 saturated carbocycles. The number of aromatic nitrogens is 1. The van der Waals surface area contributed by atoms with Crippen LogP contribution in [-0.4, -0.2) is 9.91 Å². The highest BCUT2D eigenvalue weighted by molar-refractivity contribution is 5.87. The van der Waals surface area contributed by atoms with Crippen molar-refractivity contribution in [1.82, 2.24) is 4.98 Å². The van der Waals surface area contributed by atoms with Gasteiger partial charge in [-0.05, 0) is 54.0 Å². The highest BCUT2D eigenvalue weighted by Gasteiger charge is 2.29. The van der Waals surface area contributed by atoms with Crippen molar-refractivity contribution >= 4 is 16.6 Å². The van der Waals surface area contributed by atoms with Crippen LogP contribution in [0.15, 0.2) is 48.5 Å². The lowest BCUT2D eigenvalue weighted by Crippen LogP contribution is -2.23. The van der Waals surface area contributed by atoms with E-state index in [4.69, 9.17) is 4.98 Å². The molecule has 1 aromatic heterocycles. The molecule has 0 bridgehead atoms. The summed E-state index contributed by atoms with van der Waals surface area (Å²) < 4.78 is 0. The lowest BCUT2D eigenvalue weighted by atomic mass is 9.72. The smallest absolute Gasteiger partial charge is 0.258 e. The number of rotatable bonds is 2. The summed E-state index contributed by atoms with van der Waals surface area (Å²) in [5.74, 6) is 0. The molecule has 0 radical (unpaired) electrons. The first-order chi connectivity index (χ1) is 11.9. The predicted octanol–water partition coefficient (Wildman–Crippen LogP) is 5.32. The zero-order valence-corrected chi connectivity index (χ0v) is 14.5. The van der Waals surface area contributed by atoms with E-state index in [1.54, 1.807) is 12.1 Å². The highest BCUT2D eigenvalue weighted by atomic mass is 16.6. The number of fused-ring (bicyclic) bond motifs is 3. The number of nitro benzene ring substituents is 1. The van der Waals surface area contributed by atoms with E-state index in [1.807, 2.05) is 24.3 Å². The number of nitro groups is 1. The molecule has 0 spiro atoms. The van der Waals surface area contributed by atoms with Gasteiger partial charge < -0.3 is 0 Å². The minimum atomic E-state index is -0.365. The van der Waals surface area contributed by atoms with Crippen LogP contribution >= 0.6 is 0 Å². The van der Waals surface area contributed by atoms with E-state index in [9.17, 15) is 10.1 Å². The van der Waals surface area contributed by atoms with E-state index in [-0.39, 0.29) is 16.0 Å². The fourth-order valence-corrected chi connectivity index (χ4v) is 3.80. The van der Waals surface area contributed by atoms with Crippen molar-refractivity contribution in [3.8, 4) is 11.3 Å². The minimum absolute atomic E-state index is 0.111. The Morgan fingerprint density at radius 1 is 1.04 bits per heavy atom. The van der Waals surface area contributed by atoms with E-state index in [0.717, 1.165) is 36.0 Å². The number of non-ortho nitro benzene ring substituents is 1. The standard InChI is InChI=1S/C21H20N2O2/c1-21(2)12-11-17-18(13-21)16-5-3-4-6-19(16)22-20(17)14-7-9-15(10-8-14)23(24)25/h3-10H,11-13H2,1-2H3. The summed E-state index contributed by atoms with van der Waals surface area (Å²) in [5, 5.41) is 12.2. The Hall–Kier alpha value is -2.75. The lowest BCUT2D eigenvalue weighted by Gasteiger charge is -2.33. The zero-order valence-electron chi connectivity index (χ0n) is 14.5. The predicted molar refractivity (Wildman–Crippen MR) is 99.6 cm³/mol. The summed E-state index contributed by atoms with van der Waals surface area (Å²) in [7, 11) is 0. The van der Waals surface area contributed by atoms with Gasteiger partial charge in [-0.3, -0.25) is 10.1 Å². The zero-order chi connectivity index (χ0) is 17.6. The number of hydrogen-bond donors (Lipinski definition) is 0. The second-order valence-electron chi connectivity index (χ2n) is 7.58. The van der Waals surface area contributed by atoms with Gasteiger partial charge in [0.1, 0.15) is 0 Å². The van der Waals surface area contributed by atoms with E-state index < -0.39 is 0 Å². The molecule has 1 heterocycles. The van der Waals surface area contributed by atoms with Gasteiger partial charge in [0, 0.05) is 23.1 Å². The van der Waals surface area contributed by atoms with Gasteiger partial charge in [-0.2, -0.15) is 0 Å². The number of pyridine rings is 1. The van der Waals surface area contributed by atoms with Crippen molar-refractivity contribution in [2.24, 2.45) is 5.41 Å². The maximum Gasteiger partial charge on any atom is 0.269 e. The van der Waals surface area contributed by atoms with E-state index in [1.165, 1.54) is 16.5 Å². The van der Waals surface area contributed by atoms with Crippen molar-refractivity contribution in [3.63, 3.8) is 0 Å². The van der Waals surface area contributed by atoms with E-state index >= 15 is 0 Å².